The van der Waals surface area contributed by atoms with Crippen LogP contribution in [0.5, 0.6) is 0 Å². The van der Waals surface area contributed by atoms with Crippen molar-refractivity contribution in [3.05, 3.63) is 0 Å². The third kappa shape index (κ3) is 5.88. The number of hydrogen-bond acceptors (Lipinski definition) is 3. The third-order valence-corrected chi connectivity index (χ3v) is 5.90. The molecule has 0 aromatic heterocycles. The standard InChI is InChI=1S/C16H32N2O3S/c1-7-22(20,21)18-10-8-13(9-11-18)14(19)17-16(5,6)12-15(2,3)4/h13H,7-12H2,1-6H3,(H,17,19). The van der Waals surface area contributed by atoms with Crippen molar-refractivity contribution in [1.82, 2.24) is 9.62 Å². The maximum absolute atomic E-state index is 12.4. The molecule has 130 valence electrons. The van der Waals surface area contributed by atoms with Gasteiger partial charge in [-0.15, -0.1) is 0 Å². The largest absolute Gasteiger partial charge is 0.351 e. The average molecular weight is 333 g/mol. The fourth-order valence-electron chi connectivity index (χ4n) is 3.38. The van der Waals surface area contributed by atoms with Crippen molar-refractivity contribution in [3.8, 4) is 0 Å². The number of amides is 1. The van der Waals surface area contributed by atoms with E-state index >= 15 is 0 Å². The van der Waals surface area contributed by atoms with E-state index in [0.717, 1.165) is 6.42 Å². The molecule has 0 aromatic rings. The molecular weight excluding hydrogens is 300 g/mol. The summed E-state index contributed by atoms with van der Waals surface area (Å²) in [5.74, 6) is 0.105. The molecule has 0 aromatic carbocycles. The molecule has 6 heteroatoms. The molecule has 0 unspecified atom stereocenters. The van der Waals surface area contributed by atoms with Crippen molar-refractivity contribution in [1.29, 1.82) is 0 Å². The lowest BCUT2D eigenvalue weighted by atomic mass is 9.81. The Morgan fingerprint density at radius 1 is 1.14 bits per heavy atom. The van der Waals surface area contributed by atoms with Gasteiger partial charge in [-0.3, -0.25) is 4.79 Å². The predicted molar refractivity (Wildman–Crippen MR) is 90.1 cm³/mol. The molecule has 5 nitrogen and oxygen atoms in total. The van der Waals surface area contributed by atoms with E-state index in [0.29, 0.717) is 25.9 Å². The molecule has 1 N–H and O–H groups in total. The van der Waals surface area contributed by atoms with Crippen LogP contribution in [0.15, 0.2) is 0 Å². The maximum atomic E-state index is 12.4. The number of nitrogens with one attached hydrogen (secondary N) is 1. The fourth-order valence-corrected chi connectivity index (χ4v) is 4.52. The molecule has 1 fully saturated rings. The van der Waals surface area contributed by atoms with Crippen LogP contribution in [-0.4, -0.2) is 43.0 Å². The topological polar surface area (TPSA) is 66.5 Å². The Kier molecular flexibility index (Phi) is 6.07. The zero-order valence-electron chi connectivity index (χ0n) is 14.9. The molecule has 22 heavy (non-hydrogen) atoms. The molecule has 1 heterocycles. The van der Waals surface area contributed by atoms with Crippen molar-refractivity contribution in [2.24, 2.45) is 11.3 Å². The number of rotatable bonds is 5. The van der Waals surface area contributed by atoms with Crippen LogP contribution in [-0.2, 0) is 14.8 Å². The Bertz CT molecular complexity index is 484. The lowest BCUT2D eigenvalue weighted by Gasteiger charge is -2.36. The van der Waals surface area contributed by atoms with Gasteiger partial charge in [-0.1, -0.05) is 20.8 Å². The number of carbonyl (C=O) groups is 1. The van der Waals surface area contributed by atoms with Crippen LogP contribution < -0.4 is 5.32 Å². The third-order valence-electron chi connectivity index (χ3n) is 4.02. The highest BCUT2D eigenvalue weighted by Crippen LogP contribution is 2.28. The zero-order valence-corrected chi connectivity index (χ0v) is 15.7. The number of piperidine rings is 1. The fraction of sp³-hybridized carbons (Fsp3) is 0.938. The zero-order chi connectivity index (χ0) is 17.2. The van der Waals surface area contributed by atoms with Crippen LogP contribution in [0.3, 0.4) is 0 Å². The van der Waals surface area contributed by atoms with E-state index in [-0.39, 0.29) is 28.5 Å². The summed E-state index contributed by atoms with van der Waals surface area (Å²) >= 11 is 0. The van der Waals surface area contributed by atoms with Gasteiger partial charge >= 0.3 is 0 Å². The Hall–Kier alpha value is -0.620. The molecule has 0 bridgehead atoms. The van der Waals surface area contributed by atoms with Gasteiger partial charge in [-0.05, 0) is 45.4 Å². The van der Waals surface area contributed by atoms with E-state index in [2.05, 4.69) is 26.1 Å². The normalized spacial score (nSPS) is 19.2. The number of nitrogens with zero attached hydrogens (tertiary/aromatic N) is 1. The Morgan fingerprint density at radius 2 is 1.64 bits per heavy atom. The minimum atomic E-state index is -3.13. The van der Waals surface area contributed by atoms with Crippen LogP contribution in [0.25, 0.3) is 0 Å². The SMILES string of the molecule is CCS(=O)(=O)N1CCC(C(=O)NC(C)(C)CC(C)(C)C)CC1. The Morgan fingerprint density at radius 3 is 2.05 bits per heavy atom. The number of hydrogen-bond donors (Lipinski definition) is 1. The Balaban J connectivity index is 2.56. The lowest BCUT2D eigenvalue weighted by molar-refractivity contribution is -0.128. The highest BCUT2D eigenvalue weighted by molar-refractivity contribution is 7.89. The first-order valence-corrected chi connectivity index (χ1v) is 9.77. The van der Waals surface area contributed by atoms with E-state index in [4.69, 9.17) is 0 Å². The van der Waals surface area contributed by atoms with Crippen LogP contribution in [0.2, 0.25) is 0 Å². The molecule has 1 aliphatic rings. The van der Waals surface area contributed by atoms with Gasteiger partial charge in [0.05, 0.1) is 5.75 Å². The molecule has 1 saturated heterocycles. The van der Waals surface area contributed by atoms with Crippen molar-refractivity contribution < 1.29 is 13.2 Å². The smallest absolute Gasteiger partial charge is 0.223 e. The summed E-state index contributed by atoms with van der Waals surface area (Å²) in [6.07, 6.45) is 2.11. The van der Waals surface area contributed by atoms with Crippen molar-refractivity contribution >= 4 is 15.9 Å². The molecular formula is C16H32N2O3S. The summed E-state index contributed by atoms with van der Waals surface area (Å²) < 4.78 is 25.2. The first-order chi connectivity index (χ1) is 9.86. The second-order valence-corrected chi connectivity index (χ2v) is 10.4. The molecule has 1 aliphatic heterocycles. The molecule has 0 radical (unpaired) electrons. The van der Waals surface area contributed by atoms with Crippen LogP contribution >= 0.6 is 0 Å². The van der Waals surface area contributed by atoms with Crippen LogP contribution in [0, 0.1) is 11.3 Å². The maximum Gasteiger partial charge on any atom is 0.223 e. The first kappa shape index (κ1) is 19.4. The predicted octanol–water partition coefficient (Wildman–Crippen LogP) is 2.38. The summed E-state index contributed by atoms with van der Waals surface area (Å²) in [5.41, 5.74) is -0.0999. The van der Waals surface area contributed by atoms with Crippen molar-refractivity contribution in [2.75, 3.05) is 18.8 Å². The first-order valence-electron chi connectivity index (χ1n) is 8.16. The lowest BCUT2D eigenvalue weighted by Crippen LogP contribution is -2.50. The van der Waals surface area contributed by atoms with E-state index < -0.39 is 10.0 Å². The van der Waals surface area contributed by atoms with Gasteiger partial charge in [0.15, 0.2) is 0 Å². The van der Waals surface area contributed by atoms with E-state index in [1.54, 1.807) is 6.92 Å². The molecule has 0 atom stereocenters. The van der Waals surface area contributed by atoms with Gasteiger partial charge in [0.1, 0.15) is 0 Å². The average Bonchev–Trinajstić information content (AvgIpc) is 2.35. The summed E-state index contributed by atoms with van der Waals surface area (Å²) in [6, 6.07) is 0. The van der Waals surface area contributed by atoms with E-state index in [1.807, 2.05) is 13.8 Å². The number of sulfonamides is 1. The van der Waals surface area contributed by atoms with Crippen LogP contribution in [0.4, 0.5) is 0 Å². The van der Waals surface area contributed by atoms with Gasteiger partial charge < -0.3 is 5.32 Å². The monoisotopic (exact) mass is 332 g/mol. The van der Waals surface area contributed by atoms with Crippen molar-refractivity contribution in [2.45, 2.75) is 66.3 Å². The quantitative estimate of drug-likeness (QED) is 0.840. The van der Waals surface area contributed by atoms with Gasteiger partial charge in [0.25, 0.3) is 0 Å². The Labute approximate surface area is 135 Å². The van der Waals surface area contributed by atoms with Gasteiger partial charge in [0, 0.05) is 24.5 Å². The molecule has 1 rings (SSSR count). The number of carbonyl (C=O) groups excluding carboxylic acids is 1. The summed E-state index contributed by atoms with van der Waals surface area (Å²) in [4.78, 5) is 12.4. The second kappa shape index (κ2) is 6.87. The molecule has 0 spiro atoms. The highest BCUT2D eigenvalue weighted by Gasteiger charge is 2.33. The summed E-state index contributed by atoms with van der Waals surface area (Å²) in [5, 5.41) is 3.14. The minimum absolute atomic E-state index is 0.0581. The molecule has 0 saturated carbocycles. The van der Waals surface area contributed by atoms with Gasteiger partial charge in [-0.25, -0.2) is 12.7 Å². The second-order valence-electron chi connectivity index (χ2n) is 8.18. The van der Waals surface area contributed by atoms with Crippen molar-refractivity contribution in [3.63, 3.8) is 0 Å². The minimum Gasteiger partial charge on any atom is -0.351 e. The summed E-state index contributed by atoms with van der Waals surface area (Å²) in [7, 11) is -3.13. The molecule has 1 amide bonds. The summed E-state index contributed by atoms with van der Waals surface area (Å²) in [6.45, 7) is 13.1. The molecule has 0 aliphatic carbocycles. The highest BCUT2D eigenvalue weighted by atomic mass is 32.2. The van der Waals surface area contributed by atoms with Crippen LogP contribution in [0.1, 0.15) is 60.8 Å². The van der Waals surface area contributed by atoms with E-state index in [1.165, 1.54) is 4.31 Å². The van der Waals surface area contributed by atoms with Gasteiger partial charge in [0.2, 0.25) is 15.9 Å². The van der Waals surface area contributed by atoms with E-state index in [9.17, 15) is 13.2 Å². The van der Waals surface area contributed by atoms with Gasteiger partial charge in [-0.2, -0.15) is 0 Å².